The van der Waals surface area contributed by atoms with Gasteiger partial charge >= 0.3 is 7.82 Å². The third kappa shape index (κ3) is 11.7. The summed E-state index contributed by atoms with van der Waals surface area (Å²) in [5.41, 5.74) is 0. The highest BCUT2D eigenvalue weighted by molar-refractivity contribution is 7.47. The largest absolute Gasteiger partial charge is 0.472 e. The van der Waals surface area contributed by atoms with Crippen molar-refractivity contribution in [1.82, 2.24) is 4.90 Å². The summed E-state index contributed by atoms with van der Waals surface area (Å²) in [5, 5.41) is 0. The normalized spacial score (nSPS) is 26.1. The van der Waals surface area contributed by atoms with Gasteiger partial charge in [-0.1, -0.05) is 90.4 Å². The van der Waals surface area contributed by atoms with Crippen molar-refractivity contribution in [3.05, 3.63) is 0 Å². The molecular formula is C25H50NO4P. The molecule has 0 amide bonds. The van der Waals surface area contributed by atoms with Crippen LogP contribution in [0.5, 0.6) is 0 Å². The molecular weight excluding hydrogens is 409 g/mol. The van der Waals surface area contributed by atoms with E-state index in [2.05, 4.69) is 18.9 Å². The first-order chi connectivity index (χ1) is 15.0. The van der Waals surface area contributed by atoms with E-state index in [-0.39, 0.29) is 6.10 Å². The number of rotatable bonds is 18. The quantitative estimate of drug-likeness (QED) is 0.170. The van der Waals surface area contributed by atoms with Gasteiger partial charge in [-0.2, -0.15) is 0 Å². The van der Waals surface area contributed by atoms with Gasteiger partial charge in [0, 0.05) is 12.6 Å². The highest BCUT2D eigenvalue weighted by Crippen LogP contribution is 2.48. The molecule has 1 saturated heterocycles. The van der Waals surface area contributed by atoms with Crippen molar-refractivity contribution in [3.63, 3.8) is 0 Å². The van der Waals surface area contributed by atoms with Crippen LogP contribution in [0.2, 0.25) is 0 Å². The lowest BCUT2D eigenvalue weighted by Crippen LogP contribution is -2.43. The van der Waals surface area contributed by atoms with Gasteiger partial charge in [0.25, 0.3) is 0 Å². The van der Waals surface area contributed by atoms with Crippen LogP contribution >= 0.6 is 7.82 Å². The van der Waals surface area contributed by atoms with Crippen molar-refractivity contribution in [2.45, 2.75) is 135 Å². The Labute approximate surface area is 192 Å². The summed E-state index contributed by atoms with van der Waals surface area (Å²) in [4.78, 5) is 12.5. The number of hydrogen-bond acceptors (Lipinski definition) is 4. The second-order valence-electron chi connectivity index (χ2n) is 10.0. The van der Waals surface area contributed by atoms with Gasteiger partial charge in [0.05, 0.1) is 12.7 Å². The second-order valence-corrected chi connectivity index (χ2v) is 11.4. The minimum Gasteiger partial charge on any atom is -0.303 e. The SMILES string of the molecule is CCCCCCCCCCCCCCCCOP(=O)(O)OC1CCN(C)C2CCC2C1. The van der Waals surface area contributed by atoms with Crippen molar-refractivity contribution in [2.75, 3.05) is 20.2 Å². The van der Waals surface area contributed by atoms with Gasteiger partial charge in [-0.25, -0.2) is 4.57 Å². The zero-order chi connectivity index (χ0) is 22.4. The molecule has 0 aromatic rings. The minimum absolute atomic E-state index is 0.148. The second kappa shape index (κ2) is 15.8. The molecule has 0 radical (unpaired) electrons. The van der Waals surface area contributed by atoms with E-state index in [0.717, 1.165) is 32.2 Å². The standard InChI is InChI=1S/C25H50NO4P/c1-3-4-5-6-7-8-9-10-11-12-13-14-15-16-21-29-31(27,28)30-24-19-20-26(2)25-18-17-23(25)22-24/h23-25H,3-22H2,1-2H3,(H,27,28). The zero-order valence-corrected chi connectivity index (χ0v) is 21.3. The van der Waals surface area contributed by atoms with Gasteiger partial charge in [0.1, 0.15) is 0 Å². The van der Waals surface area contributed by atoms with E-state index >= 15 is 0 Å². The van der Waals surface area contributed by atoms with Crippen LogP contribution in [0.3, 0.4) is 0 Å². The van der Waals surface area contributed by atoms with Gasteiger partial charge in [-0.05, 0) is 45.1 Å². The monoisotopic (exact) mass is 459 g/mol. The lowest BCUT2D eigenvalue weighted by atomic mass is 9.76. The molecule has 1 heterocycles. The van der Waals surface area contributed by atoms with Crippen LogP contribution < -0.4 is 0 Å². The third-order valence-electron chi connectivity index (χ3n) is 7.35. The average molecular weight is 460 g/mol. The van der Waals surface area contributed by atoms with E-state index < -0.39 is 7.82 Å². The highest BCUT2D eigenvalue weighted by Gasteiger charge is 2.40. The number of hydrogen-bond donors (Lipinski definition) is 1. The first kappa shape index (κ1) is 27.3. The molecule has 1 saturated carbocycles. The number of unbranched alkanes of at least 4 members (excludes halogenated alkanes) is 13. The summed E-state index contributed by atoms with van der Waals surface area (Å²) in [6.07, 6.45) is 22.2. The van der Waals surface area contributed by atoms with Gasteiger partial charge in [0.15, 0.2) is 0 Å². The summed E-state index contributed by atoms with van der Waals surface area (Å²) in [6.45, 7) is 3.53. The molecule has 1 N–H and O–H groups in total. The lowest BCUT2D eigenvalue weighted by Gasteiger charge is -2.41. The molecule has 0 aromatic carbocycles. The van der Waals surface area contributed by atoms with Crippen molar-refractivity contribution < 1.29 is 18.5 Å². The van der Waals surface area contributed by atoms with E-state index in [1.807, 2.05) is 0 Å². The fourth-order valence-corrected chi connectivity index (χ4v) is 6.16. The Morgan fingerprint density at radius 2 is 1.39 bits per heavy atom. The van der Waals surface area contributed by atoms with Crippen molar-refractivity contribution in [2.24, 2.45) is 5.92 Å². The van der Waals surface area contributed by atoms with Crippen LogP contribution in [0, 0.1) is 5.92 Å². The van der Waals surface area contributed by atoms with Crippen LogP contribution in [-0.4, -0.2) is 42.1 Å². The Bertz CT molecular complexity index is 504. The summed E-state index contributed by atoms with van der Waals surface area (Å²) in [6, 6.07) is 0.642. The molecule has 31 heavy (non-hydrogen) atoms. The number of phosphoric acid groups is 1. The zero-order valence-electron chi connectivity index (χ0n) is 20.4. The van der Waals surface area contributed by atoms with Crippen molar-refractivity contribution >= 4 is 7.82 Å². The summed E-state index contributed by atoms with van der Waals surface area (Å²) in [5.74, 6) is 0.614. The molecule has 5 nitrogen and oxygen atoms in total. The van der Waals surface area contributed by atoms with E-state index in [4.69, 9.17) is 9.05 Å². The molecule has 184 valence electrons. The summed E-state index contributed by atoms with van der Waals surface area (Å²) in [7, 11) is -1.77. The highest BCUT2D eigenvalue weighted by atomic mass is 31.2. The maximum Gasteiger partial charge on any atom is 0.472 e. The average Bonchev–Trinajstić information content (AvgIpc) is 2.81. The van der Waals surface area contributed by atoms with Crippen molar-refractivity contribution in [1.29, 1.82) is 0 Å². The molecule has 0 aromatic heterocycles. The first-order valence-corrected chi connectivity index (χ1v) is 14.9. The number of phosphoric ester groups is 1. The Morgan fingerprint density at radius 3 is 1.90 bits per heavy atom. The smallest absolute Gasteiger partial charge is 0.303 e. The van der Waals surface area contributed by atoms with Gasteiger partial charge in [-0.3, -0.25) is 9.05 Å². The van der Waals surface area contributed by atoms with E-state index in [1.165, 1.54) is 89.9 Å². The van der Waals surface area contributed by atoms with E-state index in [1.54, 1.807) is 0 Å². The molecule has 0 bridgehead atoms. The molecule has 1 aliphatic carbocycles. The fraction of sp³-hybridized carbons (Fsp3) is 1.00. The van der Waals surface area contributed by atoms with Crippen molar-refractivity contribution in [3.8, 4) is 0 Å². The first-order valence-electron chi connectivity index (χ1n) is 13.4. The Hall–Kier alpha value is 0.0700. The third-order valence-corrected chi connectivity index (χ3v) is 8.42. The fourth-order valence-electron chi connectivity index (χ4n) is 5.17. The van der Waals surface area contributed by atoms with E-state index in [9.17, 15) is 9.46 Å². The lowest BCUT2D eigenvalue weighted by molar-refractivity contribution is 0.0668. The maximum atomic E-state index is 12.3. The molecule has 2 rings (SSSR count). The molecule has 2 aliphatic rings. The molecule has 4 atom stereocenters. The molecule has 4 unspecified atom stereocenters. The minimum atomic E-state index is -3.93. The molecule has 2 fully saturated rings. The van der Waals surface area contributed by atoms with Crippen LogP contribution in [-0.2, 0) is 13.6 Å². The number of nitrogens with zero attached hydrogens (tertiary/aromatic N) is 1. The molecule has 6 heteroatoms. The van der Waals surface area contributed by atoms with Gasteiger partial charge < -0.3 is 9.79 Å². The molecule has 1 aliphatic heterocycles. The summed E-state index contributed by atoms with van der Waals surface area (Å²) < 4.78 is 23.1. The number of likely N-dealkylation sites (tertiary alicyclic amines) is 1. The Kier molecular flexibility index (Phi) is 13.9. The predicted molar refractivity (Wildman–Crippen MR) is 129 cm³/mol. The van der Waals surface area contributed by atoms with E-state index in [0.29, 0.717) is 18.6 Å². The van der Waals surface area contributed by atoms with Gasteiger partial charge in [0.2, 0.25) is 0 Å². The topological polar surface area (TPSA) is 59.0 Å². The Balaban J connectivity index is 1.39. The predicted octanol–water partition coefficient (Wildman–Crippen LogP) is 7.47. The van der Waals surface area contributed by atoms with Gasteiger partial charge in [-0.15, -0.1) is 0 Å². The van der Waals surface area contributed by atoms with Crippen LogP contribution in [0.15, 0.2) is 0 Å². The molecule has 0 spiro atoms. The van der Waals surface area contributed by atoms with Crippen LogP contribution in [0.1, 0.15) is 122 Å². The Morgan fingerprint density at radius 1 is 0.839 bits per heavy atom. The van der Waals surface area contributed by atoms with Crippen LogP contribution in [0.25, 0.3) is 0 Å². The number of fused-ring (bicyclic) bond motifs is 1. The maximum absolute atomic E-state index is 12.3. The van der Waals surface area contributed by atoms with Crippen LogP contribution in [0.4, 0.5) is 0 Å². The summed E-state index contributed by atoms with van der Waals surface area (Å²) >= 11 is 0.